The molecular weight excluding hydrogens is 718 g/mol. The zero-order valence-corrected chi connectivity index (χ0v) is 32.0. The van der Waals surface area contributed by atoms with Crippen molar-refractivity contribution in [1.29, 1.82) is 5.26 Å². The number of likely N-dealkylation sites (N-methyl/N-ethyl adjacent to an activating group) is 1. The molecule has 284 valence electrons. The van der Waals surface area contributed by atoms with Gasteiger partial charge in [-0.1, -0.05) is 0 Å². The number of pyridine rings is 3. The predicted octanol–water partition coefficient (Wildman–Crippen LogP) is 5.31. The Hall–Kier alpha value is -4.91. The van der Waals surface area contributed by atoms with E-state index in [-0.39, 0.29) is 40.4 Å². The van der Waals surface area contributed by atoms with Crippen LogP contribution in [0.25, 0.3) is 44.5 Å². The molecule has 0 spiro atoms. The molecule has 3 aromatic rings. The first-order chi connectivity index (χ1) is 25.6. The number of hydrogen-bond acceptors (Lipinski definition) is 12. The molecule has 0 bridgehead atoms. The van der Waals surface area contributed by atoms with E-state index in [1.165, 1.54) is 16.8 Å². The minimum atomic E-state index is -4.63. The number of rotatable bonds is 9. The highest BCUT2D eigenvalue weighted by Crippen LogP contribution is 2.52. The maximum Gasteiger partial charge on any atom is 0.474 e. The number of anilines is 2. The largest absolute Gasteiger partial charge is 0.474 e. The molecule has 0 saturated carbocycles. The number of nitrogens with zero attached hydrogens (tertiary/aromatic N) is 7. The van der Waals surface area contributed by atoms with E-state index >= 15 is 4.39 Å². The lowest BCUT2D eigenvalue weighted by Gasteiger charge is -2.32. The lowest BCUT2D eigenvalue weighted by atomic mass is 9.95. The highest BCUT2D eigenvalue weighted by molar-refractivity contribution is 7.47. The Balaban J connectivity index is 1.58. The van der Waals surface area contributed by atoms with E-state index in [4.69, 9.17) is 18.8 Å². The first-order valence-electron chi connectivity index (χ1n) is 17.6. The van der Waals surface area contributed by atoms with Gasteiger partial charge in [-0.15, -0.1) is 0 Å². The van der Waals surface area contributed by atoms with Crippen LogP contribution in [0.15, 0.2) is 35.5 Å². The molecule has 54 heavy (non-hydrogen) atoms. The molecule has 7 rings (SSSR count). The number of carbonyl (C=O) groups is 1. The molecule has 15 nitrogen and oxygen atoms in total. The maximum atomic E-state index is 15.8. The second-order valence-electron chi connectivity index (χ2n) is 14.8. The summed E-state index contributed by atoms with van der Waals surface area (Å²) in [6.45, 7) is 8.33. The van der Waals surface area contributed by atoms with Gasteiger partial charge < -0.3 is 33.9 Å². The number of esters is 1. The zero-order valence-electron chi connectivity index (χ0n) is 31.1. The number of likely N-dealkylation sites (tertiary alicyclic amines) is 1. The van der Waals surface area contributed by atoms with Gasteiger partial charge in [0, 0.05) is 80.9 Å². The summed E-state index contributed by atoms with van der Waals surface area (Å²) in [5, 5.41) is 13.8. The highest BCUT2D eigenvalue weighted by atomic mass is 31.2. The van der Waals surface area contributed by atoms with E-state index in [9.17, 15) is 24.3 Å². The molecule has 2 N–H and O–H groups in total. The van der Waals surface area contributed by atoms with Crippen LogP contribution in [0.2, 0.25) is 0 Å². The van der Waals surface area contributed by atoms with Crippen molar-refractivity contribution in [3.8, 4) is 28.6 Å². The van der Waals surface area contributed by atoms with Crippen LogP contribution in [0.3, 0.4) is 0 Å². The number of halogens is 1. The van der Waals surface area contributed by atoms with Crippen molar-refractivity contribution in [2.75, 3.05) is 50.6 Å². The van der Waals surface area contributed by atoms with Crippen molar-refractivity contribution in [1.82, 2.24) is 24.0 Å². The van der Waals surface area contributed by atoms with E-state index < -0.39 is 37.4 Å². The van der Waals surface area contributed by atoms with Gasteiger partial charge in [0.05, 0.1) is 45.6 Å². The summed E-state index contributed by atoms with van der Waals surface area (Å²) in [7, 11) is 0.730. The Morgan fingerprint density at radius 3 is 2.67 bits per heavy atom. The smallest absolute Gasteiger partial charge is 0.462 e. The summed E-state index contributed by atoms with van der Waals surface area (Å²) in [6, 6.07) is 4.95. The lowest BCUT2D eigenvalue weighted by Crippen LogP contribution is -2.35. The average molecular weight is 761 g/mol. The van der Waals surface area contributed by atoms with Crippen molar-refractivity contribution >= 4 is 47.1 Å². The Bertz CT molecular complexity index is 2450. The van der Waals surface area contributed by atoms with E-state index in [0.29, 0.717) is 51.7 Å². The van der Waals surface area contributed by atoms with Gasteiger partial charge in [-0.25, -0.2) is 23.7 Å². The van der Waals surface area contributed by atoms with Crippen LogP contribution >= 0.6 is 7.82 Å². The number of benzene rings is 1. The molecular formula is C37H42FN8O7P. The molecule has 2 aromatic heterocycles. The van der Waals surface area contributed by atoms with Gasteiger partial charge in [0.2, 0.25) is 5.43 Å². The summed E-state index contributed by atoms with van der Waals surface area (Å²) in [5.41, 5.74) is 1.05. The lowest BCUT2D eigenvalue weighted by molar-refractivity contribution is 0.0484. The number of aromatic nitrogens is 4. The number of aryl methyl sites for hydroxylation is 1. The average Bonchev–Trinajstić information content (AvgIpc) is 3.80. The second-order valence-corrected chi connectivity index (χ2v) is 16.2. The Kier molecular flexibility index (Phi) is 9.52. The summed E-state index contributed by atoms with van der Waals surface area (Å²) in [5.74, 6) is -0.917. The molecule has 17 heteroatoms. The number of nitrogens with one attached hydrogen (secondary N) is 1. The number of hydrogen-bond donors (Lipinski definition) is 2. The van der Waals surface area contributed by atoms with Gasteiger partial charge in [-0.2, -0.15) is 5.26 Å². The summed E-state index contributed by atoms with van der Waals surface area (Å²) < 4.78 is 48.2. The number of phosphoric acid groups is 1. The van der Waals surface area contributed by atoms with E-state index in [1.54, 1.807) is 64.8 Å². The van der Waals surface area contributed by atoms with E-state index in [2.05, 4.69) is 27.1 Å². The fourth-order valence-electron chi connectivity index (χ4n) is 7.85. The van der Waals surface area contributed by atoms with E-state index in [1.807, 2.05) is 6.07 Å². The third-order valence-corrected chi connectivity index (χ3v) is 11.2. The van der Waals surface area contributed by atoms with Gasteiger partial charge in [0.1, 0.15) is 35.7 Å². The molecule has 6 heterocycles. The molecule has 4 aliphatic heterocycles. The van der Waals surface area contributed by atoms with E-state index in [0.717, 1.165) is 19.5 Å². The predicted molar refractivity (Wildman–Crippen MR) is 201 cm³/mol. The van der Waals surface area contributed by atoms with Crippen molar-refractivity contribution in [2.45, 2.75) is 52.5 Å². The molecule has 0 amide bonds. The third-order valence-electron chi connectivity index (χ3n) is 9.96. The van der Waals surface area contributed by atoms with Crippen molar-refractivity contribution in [3.05, 3.63) is 57.9 Å². The molecule has 4 aliphatic rings. The summed E-state index contributed by atoms with van der Waals surface area (Å²) >= 11 is 0. The van der Waals surface area contributed by atoms with Crippen LogP contribution in [0.1, 0.15) is 50.0 Å². The molecule has 2 saturated heterocycles. The number of ether oxygens (including phenoxy) is 1. The van der Waals surface area contributed by atoms with Crippen LogP contribution in [0.5, 0.6) is 0 Å². The molecule has 3 atom stereocenters. The standard InChI is InChI=1S/C37H42FN8O7P/c1-8-51-36(48)25-16-44(7)34-22(33(25)47)11-21(14-41-34)24-17-45(19-52-54(49,50)53-37(2,3)4)35-30(32(24)46-10-9-20-15-43(6)18-28(20)46)29-23(13-39)26(38)12-27(40-5)31(29)42-35/h11-12,14,16-17,20,28,40H,8-10,15,18-19H2,1-7H3,(H,49,50)/t20-,28+/m0/s1. The molecule has 0 aliphatic carbocycles. The second kappa shape index (κ2) is 13.7. The van der Waals surface area contributed by atoms with Crippen LogP contribution in [0.4, 0.5) is 15.8 Å². The third kappa shape index (κ3) is 6.50. The molecule has 2 fully saturated rings. The van der Waals surface area contributed by atoms with Gasteiger partial charge in [-0.3, -0.25) is 13.8 Å². The fourth-order valence-corrected chi connectivity index (χ4v) is 8.86. The highest BCUT2D eigenvalue weighted by Gasteiger charge is 2.43. The molecule has 1 unspecified atom stereocenters. The Labute approximate surface area is 310 Å². The zero-order chi connectivity index (χ0) is 38.9. The minimum absolute atomic E-state index is 0.0476. The summed E-state index contributed by atoms with van der Waals surface area (Å²) in [4.78, 5) is 51.5. The first kappa shape index (κ1) is 37.4. The van der Waals surface area contributed by atoms with Crippen molar-refractivity contribution in [3.63, 3.8) is 0 Å². The van der Waals surface area contributed by atoms with Crippen molar-refractivity contribution in [2.24, 2.45) is 13.0 Å². The van der Waals surface area contributed by atoms with Gasteiger partial charge >= 0.3 is 13.8 Å². The normalized spacial score (nSPS) is 18.7. The van der Waals surface area contributed by atoms with Gasteiger partial charge in [-0.05, 0) is 53.1 Å². The maximum absolute atomic E-state index is 15.8. The first-order valence-corrected chi connectivity index (χ1v) is 19.1. The quantitative estimate of drug-likeness (QED) is 0.146. The molecule has 0 radical (unpaired) electrons. The fraction of sp³-hybridized carbons (Fsp3) is 0.432. The number of fused-ring (bicyclic) bond motifs is 5. The number of carbonyl (C=O) groups excluding carboxylic acids is 1. The minimum Gasteiger partial charge on any atom is -0.462 e. The number of nitriles is 1. The Morgan fingerprint density at radius 2 is 1.98 bits per heavy atom. The molecule has 1 aromatic carbocycles. The van der Waals surface area contributed by atoms with Gasteiger partial charge in [0.15, 0.2) is 0 Å². The van der Waals surface area contributed by atoms with Crippen LogP contribution < -0.4 is 15.6 Å². The van der Waals surface area contributed by atoms with Crippen molar-refractivity contribution < 1.29 is 32.4 Å². The monoisotopic (exact) mass is 760 g/mol. The van der Waals surface area contributed by atoms with Gasteiger partial charge in [0.25, 0.3) is 0 Å². The summed E-state index contributed by atoms with van der Waals surface area (Å²) in [6.07, 6.45) is 5.55. The van der Waals surface area contributed by atoms with Crippen LogP contribution in [-0.2, 0) is 32.1 Å². The topological polar surface area (TPSA) is 177 Å². The number of phosphoric ester groups is 1. The van der Waals surface area contributed by atoms with Crippen LogP contribution in [0, 0.1) is 23.1 Å². The SMILES string of the molecule is CCOC(=O)c1cn(C)c2ncc(-c3cn(COP(=O)(O)OC(C)(C)C)c4nc5c(NC)cc(F)c(C#N)c5c-4c3N3CC[C@H]4CN(C)C[C@H]43)cc2c1=O. The Morgan fingerprint density at radius 1 is 1.22 bits per heavy atom. The van der Waals surface area contributed by atoms with Crippen LogP contribution in [-0.4, -0.2) is 86.8 Å².